The van der Waals surface area contributed by atoms with E-state index in [0.29, 0.717) is 56.5 Å². The van der Waals surface area contributed by atoms with Crippen LogP contribution in [0.5, 0.6) is 5.75 Å². The van der Waals surface area contributed by atoms with Crippen molar-refractivity contribution >= 4 is 29.3 Å². The van der Waals surface area contributed by atoms with Crippen molar-refractivity contribution < 1.29 is 28.3 Å². The van der Waals surface area contributed by atoms with Gasteiger partial charge in [-0.25, -0.2) is 0 Å². The number of nitrogens with zero attached hydrogens (tertiary/aromatic N) is 3. The van der Waals surface area contributed by atoms with Gasteiger partial charge in [0.1, 0.15) is 11.8 Å². The van der Waals surface area contributed by atoms with Gasteiger partial charge in [-0.1, -0.05) is 12.1 Å². The summed E-state index contributed by atoms with van der Waals surface area (Å²) in [6, 6.07) is 9.39. The van der Waals surface area contributed by atoms with Crippen molar-refractivity contribution in [2.45, 2.75) is 12.5 Å². The molecule has 2 fully saturated rings. The predicted molar refractivity (Wildman–Crippen MR) is 126 cm³/mol. The van der Waals surface area contributed by atoms with Crippen molar-refractivity contribution in [3.05, 3.63) is 48.4 Å². The molecule has 2 aliphatic rings. The smallest absolute Gasteiger partial charge is 0.289 e. The fourth-order valence-electron chi connectivity index (χ4n) is 4.29. The summed E-state index contributed by atoms with van der Waals surface area (Å²) in [5.41, 5.74) is 0.496. The molecule has 4 rings (SSSR count). The SMILES string of the molecule is COc1ccccc1NC(=O)C[C@@H]1C(=O)NCCN1C(=O)CN1CCN(C(=O)c2ccco2)CC1. The molecule has 2 aliphatic heterocycles. The topological polar surface area (TPSA) is 124 Å². The third-order valence-electron chi connectivity index (χ3n) is 6.16. The Hall–Kier alpha value is -3.86. The number of carbonyl (C=O) groups excluding carboxylic acids is 4. The number of carbonyl (C=O) groups is 4. The number of hydrogen-bond donors (Lipinski definition) is 2. The second-order valence-electron chi connectivity index (χ2n) is 8.39. The van der Waals surface area contributed by atoms with Gasteiger partial charge in [0.25, 0.3) is 5.91 Å². The predicted octanol–water partition coefficient (Wildman–Crippen LogP) is 0.402. The van der Waals surface area contributed by atoms with Crippen LogP contribution in [0.15, 0.2) is 47.1 Å². The normalized spacial score (nSPS) is 18.7. The van der Waals surface area contributed by atoms with Crippen molar-refractivity contribution in [2.75, 3.05) is 58.2 Å². The van der Waals surface area contributed by atoms with Gasteiger partial charge in [0.05, 0.1) is 32.0 Å². The molecule has 0 saturated carbocycles. The zero-order valence-electron chi connectivity index (χ0n) is 19.6. The second kappa shape index (κ2) is 11.0. The van der Waals surface area contributed by atoms with Gasteiger partial charge >= 0.3 is 0 Å². The maximum atomic E-state index is 13.1. The molecule has 3 heterocycles. The third kappa shape index (κ3) is 5.80. The van der Waals surface area contributed by atoms with Crippen LogP contribution in [0.2, 0.25) is 0 Å². The summed E-state index contributed by atoms with van der Waals surface area (Å²) in [5, 5.41) is 5.50. The van der Waals surface area contributed by atoms with Gasteiger partial charge in [-0.15, -0.1) is 0 Å². The molecule has 11 heteroatoms. The van der Waals surface area contributed by atoms with E-state index in [2.05, 4.69) is 10.6 Å². The number of rotatable bonds is 7. The first-order valence-electron chi connectivity index (χ1n) is 11.5. The molecule has 2 saturated heterocycles. The molecule has 0 aliphatic carbocycles. The van der Waals surface area contributed by atoms with Gasteiger partial charge in [0.15, 0.2) is 5.76 Å². The Morgan fingerprint density at radius 2 is 1.86 bits per heavy atom. The maximum absolute atomic E-state index is 13.1. The van der Waals surface area contributed by atoms with Crippen LogP contribution in [0.3, 0.4) is 0 Å². The van der Waals surface area contributed by atoms with Crippen LogP contribution in [-0.2, 0) is 14.4 Å². The van der Waals surface area contributed by atoms with Gasteiger partial charge in [0.2, 0.25) is 17.7 Å². The fourth-order valence-corrected chi connectivity index (χ4v) is 4.29. The van der Waals surface area contributed by atoms with Gasteiger partial charge in [0, 0.05) is 39.3 Å². The number of piperazine rings is 2. The summed E-state index contributed by atoms with van der Waals surface area (Å²) >= 11 is 0. The van der Waals surface area contributed by atoms with Crippen LogP contribution in [0.25, 0.3) is 0 Å². The van der Waals surface area contributed by atoms with Crippen LogP contribution in [0.4, 0.5) is 5.69 Å². The van der Waals surface area contributed by atoms with Gasteiger partial charge in [-0.05, 0) is 24.3 Å². The summed E-state index contributed by atoms with van der Waals surface area (Å²) in [4.78, 5) is 56.0. The highest BCUT2D eigenvalue weighted by atomic mass is 16.5. The molecule has 2 aromatic rings. The molecule has 1 atom stereocenters. The van der Waals surface area contributed by atoms with E-state index < -0.39 is 6.04 Å². The van der Waals surface area contributed by atoms with Gasteiger partial charge in [-0.3, -0.25) is 24.1 Å². The third-order valence-corrected chi connectivity index (χ3v) is 6.16. The molecular weight excluding hydrogens is 454 g/mol. The van der Waals surface area contributed by atoms with Crippen LogP contribution in [0, 0.1) is 0 Å². The molecule has 0 bridgehead atoms. The van der Waals surface area contributed by atoms with E-state index in [4.69, 9.17) is 9.15 Å². The molecule has 1 aromatic carbocycles. The quantitative estimate of drug-likeness (QED) is 0.584. The van der Waals surface area contributed by atoms with Gasteiger partial charge in [-0.2, -0.15) is 0 Å². The Bertz CT molecular complexity index is 1060. The van der Waals surface area contributed by atoms with E-state index in [1.54, 1.807) is 41.3 Å². The number of para-hydroxylation sites is 2. The number of hydrogen-bond acceptors (Lipinski definition) is 7. The molecule has 11 nitrogen and oxygen atoms in total. The van der Waals surface area contributed by atoms with E-state index in [-0.39, 0.29) is 36.6 Å². The molecule has 4 amide bonds. The number of methoxy groups -OCH3 is 1. The van der Waals surface area contributed by atoms with Crippen molar-refractivity contribution in [3.63, 3.8) is 0 Å². The Balaban J connectivity index is 1.32. The molecule has 1 aromatic heterocycles. The number of furan rings is 1. The highest BCUT2D eigenvalue weighted by molar-refractivity contribution is 5.98. The molecule has 0 unspecified atom stereocenters. The van der Waals surface area contributed by atoms with Crippen molar-refractivity contribution in [1.82, 2.24) is 20.0 Å². The standard InChI is InChI=1S/C24H29N5O6/c1-34-19-6-3-2-5-17(19)26-21(30)15-18-23(32)25-8-9-29(18)22(31)16-27-10-12-28(13-11-27)24(33)20-7-4-14-35-20/h2-7,14,18H,8-13,15-16H2,1H3,(H,25,32)(H,26,30)/t18-/m1/s1. The molecular formula is C24H29N5O6. The lowest BCUT2D eigenvalue weighted by atomic mass is 10.1. The monoisotopic (exact) mass is 483 g/mol. The van der Waals surface area contributed by atoms with E-state index in [1.807, 2.05) is 4.90 Å². The van der Waals surface area contributed by atoms with E-state index in [0.717, 1.165) is 0 Å². The Labute approximate surface area is 203 Å². The zero-order chi connectivity index (χ0) is 24.8. The van der Waals surface area contributed by atoms with E-state index >= 15 is 0 Å². The lowest BCUT2D eigenvalue weighted by Crippen LogP contribution is -2.60. The number of anilines is 1. The summed E-state index contributed by atoms with van der Waals surface area (Å²) < 4.78 is 10.4. The Kier molecular flexibility index (Phi) is 7.66. The number of amides is 4. The first-order valence-corrected chi connectivity index (χ1v) is 11.5. The Morgan fingerprint density at radius 1 is 1.09 bits per heavy atom. The van der Waals surface area contributed by atoms with Crippen molar-refractivity contribution in [1.29, 1.82) is 0 Å². The van der Waals surface area contributed by atoms with Crippen LogP contribution in [0.1, 0.15) is 17.0 Å². The fraction of sp³-hybridized carbons (Fsp3) is 0.417. The molecule has 35 heavy (non-hydrogen) atoms. The summed E-state index contributed by atoms with van der Waals surface area (Å²) in [6.07, 6.45) is 1.30. The number of nitrogens with one attached hydrogen (secondary N) is 2. The van der Waals surface area contributed by atoms with Crippen LogP contribution in [-0.4, -0.2) is 97.3 Å². The van der Waals surface area contributed by atoms with Crippen molar-refractivity contribution in [2.24, 2.45) is 0 Å². The molecule has 2 N–H and O–H groups in total. The molecule has 0 radical (unpaired) electrons. The lowest BCUT2D eigenvalue weighted by molar-refractivity contribution is -0.145. The summed E-state index contributed by atoms with van der Waals surface area (Å²) in [6.45, 7) is 2.76. The molecule has 186 valence electrons. The van der Waals surface area contributed by atoms with Crippen LogP contribution < -0.4 is 15.4 Å². The minimum absolute atomic E-state index is 0.112. The first kappa shape index (κ1) is 24.3. The number of benzene rings is 1. The minimum atomic E-state index is -0.896. The molecule has 0 spiro atoms. The highest BCUT2D eigenvalue weighted by Crippen LogP contribution is 2.23. The summed E-state index contributed by atoms with van der Waals surface area (Å²) in [7, 11) is 1.51. The summed E-state index contributed by atoms with van der Waals surface area (Å²) in [5.74, 6) is -0.335. The number of ether oxygens (including phenoxy) is 1. The van der Waals surface area contributed by atoms with E-state index in [9.17, 15) is 19.2 Å². The highest BCUT2D eigenvalue weighted by Gasteiger charge is 2.36. The van der Waals surface area contributed by atoms with E-state index in [1.165, 1.54) is 18.3 Å². The first-order chi connectivity index (χ1) is 17.0. The maximum Gasteiger partial charge on any atom is 0.289 e. The zero-order valence-corrected chi connectivity index (χ0v) is 19.6. The average molecular weight is 484 g/mol. The largest absolute Gasteiger partial charge is 0.495 e. The van der Waals surface area contributed by atoms with Crippen LogP contribution >= 0.6 is 0 Å². The minimum Gasteiger partial charge on any atom is -0.495 e. The lowest BCUT2D eigenvalue weighted by Gasteiger charge is -2.38. The van der Waals surface area contributed by atoms with Crippen molar-refractivity contribution in [3.8, 4) is 5.75 Å². The Morgan fingerprint density at radius 3 is 2.57 bits per heavy atom. The average Bonchev–Trinajstić information content (AvgIpc) is 3.41. The second-order valence-corrected chi connectivity index (χ2v) is 8.39. The van der Waals surface area contributed by atoms with Gasteiger partial charge < -0.3 is 29.6 Å².